The smallest absolute Gasteiger partial charge is 0.130 e. The number of hydrogen-bond acceptors (Lipinski definition) is 6. The molecule has 0 radical (unpaired) electrons. The molecule has 3 heterocycles. The van der Waals surface area contributed by atoms with Gasteiger partial charge in [-0.1, -0.05) is 468 Å². The number of hydrogen-bond donors (Lipinski definition) is 0. The maximum Gasteiger partial charge on any atom is 0.130 e. The van der Waals surface area contributed by atoms with Gasteiger partial charge in [0.15, 0.2) is 0 Å². The van der Waals surface area contributed by atoms with Crippen LogP contribution in [0, 0.1) is 115 Å². The van der Waals surface area contributed by atoms with Crippen LogP contribution < -0.4 is 0 Å². The lowest BCUT2D eigenvalue weighted by atomic mass is 9.84. The average Bonchev–Trinajstić information content (AvgIpc) is 0.807. The van der Waals surface area contributed by atoms with Crippen molar-refractivity contribution in [1.29, 1.82) is 5.26 Å². The van der Waals surface area contributed by atoms with Crippen molar-refractivity contribution in [1.82, 2.24) is 19.9 Å². The van der Waals surface area contributed by atoms with E-state index in [1.807, 2.05) is 87.8 Å². The van der Waals surface area contributed by atoms with Crippen LogP contribution in [-0.2, 0) is 30.4 Å². The summed E-state index contributed by atoms with van der Waals surface area (Å²) in [6.07, 6.45) is 46.8. The van der Waals surface area contributed by atoms with E-state index in [1.165, 1.54) is 254 Å². The zero-order valence-electron chi connectivity index (χ0n) is 97.2. The molecule has 3 aromatic heterocycles. The summed E-state index contributed by atoms with van der Waals surface area (Å²) in [5.41, 5.74) is 15.2. The number of ether oxygens (including phenoxy) is 1. The highest BCUT2D eigenvalue weighted by Gasteiger charge is 2.17. The molecule has 0 amide bonds. The molecule has 2 aliphatic rings. The van der Waals surface area contributed by atoms with Crippen LogP contribution in [0.15, 0.2) is 219 Å². The Morgan fingerprint density at radius 2 is 0.881 bits per heavy atom. The van der Waals surface area contributed by atoms with E-state index in [9.17, 15) is 13.2 Å². The van der Waals surface area contributed by atoms with E-state index in [0.717, 1.165) is 101 Å². The molecule has 1 atom stereocenters. The third-order valence-electron chi connectivity index (χ3n) is 25.3. The van der Waals surface area contributed by atoms with Gasteiger partial charge in [0, 0.05) is 60.6 Å². The van der Waals surface area contributed by atoms with Gasteiger partial charge in [0.1, 0.15) is 23.3 Å². The van der Waals surface area contributed by atoms with Crippen LogP contribution in [0.3, 0.4) is 0 Å². The van der Waals surface area contributed by atoms with Crippen molar-refractivity contribution in [2.24, 2.45) is 65.1 Å². The quantitative estimate of drug-likeness (QED) is 0.0374. The number of nitriles is 1. The fraction of sp³-hybridized carbons (Fsp3) is 0.590. The van der Waals surface area contributed by atoms with E-state index in [4.69, 9.17) is 10.00 Å². The number of nitrogens with zero attached hydrogens (tertiary/aromatic N) is 5. The second kappa shape index (κ2) is 84.5. The Morgan fingerprint density at radius 3 is 1.33 bits per heavy atom. The summed E-state index contributed by atoms with van der Waals surface area (Å²) in [7, 11) is 0. The van der Waals surface area contributed by atoms with Crippen LogP contribution in [-0.4, -0.2) is 33.1 Å². The highest BCUT2D eigenvalue weighted by atomic mass is 19.1. The summed E-state index contributed by atoms with van der Waals surface area (Å²) < 4.78 is 43.8. The lowest BCUT2D eigenvalue weighted by Gasteiger charge is -2.22. The topological polar surface area (TPSA) is 84.6 Å². The Morgan fingerprint density at radius 1 is 0.385 bits per heavy atom. The number of halogens is 3. The summed E-state index contributed by atoms with van der Waals surface area (Å²) in [4.78, 5) is 16.6. The molecule has 0 bridgehead atoms. The maximum absolute atomic E-state index is 13.0. The Labute approximate surface area is 879 Å². The number of aryl methyl sites for hydroxylation is 4. The maximum atomic E-state index is 13.0. The molecule has 10 aromatic rings. The predicted molar refractivity (Wildman–Crippen MR) is 623 cm³/mol. The Kier molecular flexibility index (Phi) is 79.4. The van der Waals surface area contributed by atoms with Crippen molar-refractivity contribution in [3.63, 3.8) is 0 Å². The minimum absolute atomic E-state index is 0.155. The molecule has 7 aromatic carbocycles. The number of para-hydroxylation sites is 1. The molecular formula is C134H210F3N5O. The SMILES string of the molecule is CC(C)CC1CCCCC1.CC(C)CCC1CCCCC1.CC(C)Cc1c(F)cccc1F.CC(C)Cc1ccc(F)cc1.CC(C)Cc1ccccc1.CC(C)c1ccccc1.CC(C)c1ccncc1.CC(C)c1ncccn1.CCCCC(CC)CC(C)C.CCCCOCCC(C)C.Cc1cc(C(C)C)c2ccccc2n1.Cc1cc(C(C)C)ccc1C#N.Cc1ccc(CCCCCC(C)C)cc1. The minimum atomic E-state index is -0.441. The molecule has 2 fully saturated rings. The van der Waals surface area contributed by atoms with Gasteiger partial charge in [0.25, 0.3) is 0 Å². The largest absolute Gasteiger partial charge is 0.381 e. The van der Waals surface area contributed by atoms with E-state index in [2.05, 4.69) is 336 Å². The molecule has 143 heavy (non-hydrogen) atoms. The first kappa shape index (κ1) is 134. The van der Waals surface area contributed by atoms with Gasteiger partial charge in [0.2, 0.25) is 0 Å². The van der Waals surface area contributed by atoms with E-state index in [-0.39, 0.29) is 17.3 Å². The molecule has 798 valence electrons. The number of aromatic nitrogens is 4. The van der Waals surface area contributed by atoms with Crippen molar-refractivity contribution in [2.45, 2.75) is 437 Å². The second-order valence-corrected chi connectivity index (χ2v) is 45.0. The van der Waals surface area contributed by atoms with Crippen molar-refractivity contribution in [3.05, 3.63) is 309 Å². The Balaban J connectivity index is 0.00000153. The monoisotopic (exact) mass is 1960 g/mol. The lowest BCUT2D eigenvalue weighted by molar-refractivity contribution is 0.121. The molecule has 6 nitrogen and oxygen atoms in total. The standard InChI is InChI=1S/C15H24.C13H15N.C11H13N.C11H22.C11H24.C10H12F2.C10H13F.C10H20.C10H14.C9H20O.C9H12.C8H11N.C7H10N2/c1-13(2)7-5-4-6-8-15-11-9-14(3)10-12-15;1-9(2)12-8-10(3)14-13-7-5-4-6-11(12)13;1-8(2)10-4-5-11(7-12)9(3)6-10;1-10(2)8-9-11-6-4-3-5-7-11;1-5-7-8-11(6-2)9-10(3)4;1-7(2)6-8-9(11)4-3-5-10(8)12;1-8(2)7-9-3-5-10(11)6-4-9;2*1-9(2)8-10-6-4-3-5-7-10;1-4-5-7-10-8-6-9(2)3;1-8(2)9-6-4-3-5-7-9;1-7(2)8-3-5-9-6-4-8;1-6(2)7-8-4-3-5-9-7/h9-13H,4-8H2,1-3H3;4-9H,1-3H3;4-6,8H,1-3H3;10-11H,3-9H2,1-2H3;10-11H,5-9H2,1-4H3;3-5,7H,6H2,1-2H3;3-6,8H,7H2,1-2H3;9-10H,3-8H2,1-2H3;3-7,9H,8H2,1-2H3;9H,4-8H2,1-3H3;3-8H,1-2H3;3-7H,1-2H3;3-6H,1-2H3. The Bertz CT molecular complexity index is 4490. The summed E-state index contributed by atoms with van der Waals surface area (Å²) in [6.45, 7) is 72.3. The summed E-state index contributed by atoms with van der Waals surface area (Å²) in [6, 6.07) is 65.4. The fourth-order valence-electron chi connectivity index (χ4n) is 16.8. The van der Waals surface area contributed by atoms with Crippen molar-refractivity contribution < 1.29 is 17.9 Å². The van der Waals surface area contributed by atoms with E-state index >= 15 is 0 Å². The van der Waals surface area contributed by atoms with Crippen LogP contribution in [0.5, 0.6) is 0 Å². The van der Waals surface area contributed by atoms with Gasteiger partial charge in [-0.25, -0.2) is 23.1 Å². The lowest BCUT2D eigenvalue weighted by Crippen LogP contribution is -2.08. The highest BCUT2D eigenvalue weighted by molar-refractivity contribution is 5.82. The predicted octanol–water partition coefficient (Wildman–Crippen LogP) is 41.8. The van der Waals surface area contributed by atoms with Crippen LogP contribution >= 0.6 is 0 Å². The number of pyridine rings is 2. The van der Waals surface area contributed by atoms with E-state index in [1.54, 1.807) is 12.4 Å². The van der Waals surface area contributed by atoms with Crippen LogP contribution in [0.4, 0.5) is 13.2 Å². The molecule has 1 unspecified atom stereocenters. The average molecular weight is 1960 g/mol. The summed E-state index contributed by atoms with van der Waals surface area (Å²) >= 11 is 0. The molecule has 0 saturated heterocycles. The van der Waals surface area contributed by atoms with Gasteiger partial charge in [-0.3, -0.25) is 9.97 Å². The van der Waals surface area contributed by atoms with E-state index < -0.39 is 11.6 Å². The molecule has 2 saturated carbocycles. The van der Waals surface area contributed by atoms with Crippen molar-refractivity contribution in [2.75, 3.05) is 13.2 Å². The molecule has 12 rings (SSSR count). The molecule has 0 aliphatic heterocycles. The number of rotatable bonds is 34. The van der Waals surface area contributed by atoms with Gasteiger partial charge in [-0.2, -0.15) is 5.26 Å². The molecule has 0 N–H and O–H groups in total. The first-order valence-electron chi connectivity index (χ1n) is 56.5. The minimum Gasteiger partial charge on any atom is -0.381 e. The first-order chi connectivity index (χ1) is 68.0. The van der Waals surface area contributed by atoms with Gasteiger partial charge >= 0.3 is 0 Å². The summed E-state index contributed by atoms with van der Waals surface area (Å²) in [5.74, 6) is 11.9. The molecule has 0 spiro atoms. The molecule has 2 aliphatic carbocycles. The van der Waals surface area contributed by atoms with Crippen LogP contribution in [0.25, 0.3) is 10.9 Å². The number of benzene rings is 7. The van der Waals surface area contributed by atoms with Crippen molar-refractivity contribution >= 4 is 10.9 Å². The normalized spacial score (nSPS) is 12.4. The number of unbranched alkanes of at least 4 members (excludes halogenated alkanes) is 4. The van der Waals surface area contributed by atoms with Gasteiger partial charge in [-0.15, -0.1) is 0 Å². The van der Waals surface area contributed by atoms with Gasteiger partial charge in [-0.05, 0) is 272 Å². The third kappa shape index (κ3) is 73.2. The second-order valence-electron chi connectivity index (χ2n) is 45.0. The summed E-state index contributed by atoms with van der Waals surface area (Å²) in [5, 5.41) is 9.98. The van der Waals surface area contributed by atoms with Gasteiger partial charge < -0.3 is 4.74 Å². The third-order valence-corrected chi connectivity index (χ3v) is 25.3. The fourth-order valence-corrected chi connectivity index (χ4v) is 16.8. The number of fused-ring (bicyclic) bond motifs is 1. The first-order valence-corrected chi connectivity index (χ1v) is 56.5. The van der Waals surface area contributed by atoms with Crippen molar-refractivity contribution in [3.8, 4) is 6.07 Å². The van der Waals surface area contributed by atoms with E-state index in [0.29, 0.717) is 41.9 Å². The molecule has 9 heteroatoms. The Hall–Kier alpha value is -8.58. The molecular weight excluding hydrogens is 1750 g/mol. The zero-order valence-corrected chi connectivity index (χ0v) is 97.2. The van der Waals surface area contributed by atoms with Crippen LogP contribution in [0.1, 0.15) is 464 Å². The van der Waals surface area contributed by atoms with Crippen LogP contribution in [0.2, 0.25) is 0 Å². The highest BCUT2D eigenvalue weighted by Crippen LogP contribution is 2.32. The van der Waals surface area contributed by atoms with Gasteiger partial charge in [0.05, 0.1) is 17.1 Å². The zero-order chi connectivity index (χ0) is 107.